The number of amides is 2. The van der Waals surface area contributed by atoms with E-state index < -0.39 is 21.7 Å². The molecule has 1 aromatic carbocycles. The Balaban J connectivity index is 1.73. The van der Waals surface area contributed by atoms with Crippen molar-refractivity contribution in [2.24, 2.45) is 0 Å². The van der Waals surface area contributed by atoms with E-state index in [4.69, 9.17) is 14.2 Å². The molecule has 1 aromatic heterocycles. The quantitative estimate of drug-likeness (QED) is 0.636. The van der Waals surface area contributed by atoms with Crippen molar-refractivity contribution in [2.75, 3.05) is 25.6 Å². The number of benzene rings is 1. The van der Waals surface area contributed by atoms with Gasteiger partial charge in [-0.25, -0.2) is 17.9 Å². The summed E-state index contributed by atoms with van der Waals surface area (Å²) in [4.78, 5) is 23.6. The smallest absolute Gasteiger partial charge is 0.335 e. The summed E-state index contributed by atoms with van der Waals surface area (Å²) < 4.78 is 42.8. The molecule has 1 unspecified atom stereocenters. The normalized spacial score (nSPS) is 18.2. The summed E-state index contributed by atoms with van der Waals surface area (Å²) in [5.74, 6) is 0.247. The van der Waals surface area contributed by atoms with Gasteiger partial charge in [-0.1, -0.05) is 12.1 Å². The van der Waals surface area contributed by atoms with E-state index in [1.54, 1.807) is 13.0 Å². The van der Waals surface area contributed by atoms with Crippen molar-refractivity contribution in [1.82, 2.24) is 19.7 Å². The van der Waals surface area contributed by atoms with Crippen LogP contribution in [0.25, 0.3) is 0 Å². The van der Waals surface area contributed by atoms with Crippen LogP contribution < -0.4 is 19.5 Å². The summed E-state index contributed by atoms with van der Waals surface area (Å²) in [5.41, 5.74) is -0.419. The number of nitrogens with zero attached hydrogens (tertiary/aromatic N) is 3. The third-order valence-electron chi connectivity index (χ3n) is 3.67. The molecule has 0 spiro atoms. The average Bonchev–Trinajstić information content (AvgIpc) is 3.37. The van der Waals surface area contributed by atoms with Crippen molar-refractivity contribution in [3.63, 3.8) is 0 Å². The van der Waals surface area contributed by atoms with Crippen LogP contribution in [0.5, 0.6) is 11.8 Å². The first-order valence-corrected chi connectivity index (χ1v) is 9.65. The first-order valence-electron chi connectivity index (χ1n) is 8.17. The molecule has 1 aliphatic heterocycles. The van der Waals surface area contributed by atoms with E-state index in [9.17, 15) is 13.2 Å². The number of hydrogen-bond donors (Lipinski definition) is 2. The molecule has 1 atom stereocenters. The van der Waals surface area contributed by atoms with Gasteiger partial charge >= 0.3 is 12.0 Å². The van der Waals surface area contributed by atoms with Crippen molar-refractivity contribution in [2.45, 2.75) is 24.3 Å². The molecule has 1 saturated heterocycles. The van der Waals surface area contributed by atoms with E-state index in [0.29, 0.717) is 12.4 Å². The van der Waals surface area contributed by atoms with Crippen LogP contribution in [0.4, 0.5) is 10.7 Å². The van der Waals surface area contributed by atoms with Gasteiger partial charge in [0.2, 0.25) is 5.95 Å². The number of nitrogens with one attached hydrogen (secondary N) is 2. The molecule has 11 nitrogen and oxygen atoms in total. The van der Waals surface area contributed by atoms with Crippen molar-refractivity contribution in [1.29, 1.82) is 0 Å². The molecule has 12 heteroatoms. The van der Waals surface area contributed by atoms with E-state index >= 15 is 0 Å². The predicted octanol–water partition coefficient (Wildman–Crippen LogP) is 0.867. The third-order valence-corrected chi connectivity index (χ3v) is 5.04. The minimum atomic E-state index is -4.21. The Hall–Kier alpha value is -2.99. The monoisotopic (exact) mass is 409 g/mol. The molecular weight excluding hydrogens is 390 g/mol. The van der Waals surface area contributed by atoms with Gasteiger partial charge in [0.1, 0.15) is 28.7 Å². The fourth-order valence-corrected chi connectivity index (χ4v) is 3.19. The van der Waals surface area contributed by atoms with Crippen molar-refractivity contribution < 1.29 is 27.4 Å². The van der Waals surface area contributed by atoms with Crippen LogP contribution in [0.3, 0.4) is 0 Å². The van der Waals surface area contributed by atoms with Crippen LogP contribution in [0, 0.1) is 6.92 Å². The molecule has 1 aliphatic rings. The lowest BCUT2D eigenvalue weighted by atomic mass is 10.2. The van der Waals surface area contributed by atoms with Gasteiger partial charge in [-0.3, -0.25) is 5.32 Å². The lowest BCUT2D eigenvalue weighted by Crippen LogP contribution is -2.35. The third kappa shape index (κ3) is 4.84. The lowest BCUT2D eigenvalue weighted by Gasteiger charge is -2.14. The number of para-hydroxylation sites is 1. The molecule has 3 rings (SSSR count). The highest BCUT2D eigenvalue weighted by Crippen LogP contribution is 2.29. The summed E-state index contributed by atoms with van der Waals surface area (Å²) in [6, 6.07) is 4.93. The van der Waals surface area contributed by atoms with E-state index in [2.05, 4.69) is 20.3 Å². The molecule has 2 N–H and O–H groups in total. The Morgan fingerprint density at radius 1 is 1.29 bits per heavy atom. The molecule has 0 aliphatic carbocycles. The number of anilines is 1. The number of aromatic nitrogens is 3. The summed E-state index contributed by atoms with van der Waals surface area (Å²) in [6.45, 7) is 4.15. The molecule has 2 amide bonds. The molecule has 150 valence electrons. The van der Waals surface area contributed by atoms with Gasteiger partial charge in [-0.15, -0.1) is 0 Å². The summed E-state index contributed by atoms with van der Waals surface area (Å²) in [6.07, 6.45) is 0. The van der Waals surface area contributed by atoms with Gasteiger partial charge in [0.05, 0.1) is 13.7 Å². The minimum Gasteiger partial charge on any atom is -0.489 e. The second-order valence-corrected chi connectivity index (χ2v) is 7.88. The van der Waals surface area contributed by atoms with Gasteiger partial charge in [0.25, 0.3) is 10.0 Å². The number of epoxide rings is 1. The van der Waals surface area contributed by atoms with Gasteiger partial charge in [0.15, 0.2) is 0 Å². The highest BCUT2D eigenvalue weighted by atomic mass is 32.2. The number of hydrogen-bond acceptors (Lipinski definition) is 9. The number of urea groups is 1. The second-order valence-electron chi connectivity index (χ2n) is 6.23. The molecule has 1 fully saturated rings. The van der Waals surface area contributed by atoms with E-state index in [-0.39, 0.29) is 29.2 Å². The number of ether oxygens (including phenoxy) is 3. The number of carbonyl (C=O) groups is 1. The Kier molecular flexibility index (Phi) is 5.34. The number of rotatable bonds is 7. The number of sulfonamides is 1. The highest BCUT2D eigenvalue weighted by molar-refractivity contribution is 7.90. The zero-order chi connectivity index (χ0) is 20.4. The second kappa shape index (κ2) is 7.56. The standard InChI is InChI=1S/C16H19N5O6S/c1-10-17-13(20-15(18-10)25-3)19-14(22)21-28(23,24)12-7-5-4-6-11(12)26-8-16(2)9-27-16/h4-7H,8-9H2,1-3H3,(H2,17,18,19,20,21,22). The fourth-order valence-electron chi connectivity index (χ4n) is 2.14. The Morgan fingerprint density at radius 3 is 2.68 bits per heavy atom. The fraction of sp³-hybridized carbons (Fsp3) is 0.375. The van der Waals surface area contributed by atoms with Crippen LogP contribution in [-0.2, 0) is 14.8 Å². The van der Waals surface area contributed by atoms with Crippen molar-refractivity contribution >= 4 is 22.0 Å². The summed E-state index contributed by atoms with van der Waals surface area (Å²) >= 11 is 0. The van der Waals surface area contributed by atoms with Crippen LogP contribution in [0.2, 0.25) is 0 Å². The van der Waals surface area contributed by atoms with Gasteiger partial charge in [0, 0.05) is 0 Å². The molecule has 2 heterocycles. The van der Waals surface area contributed by atoms with Crippen molar-refractivity contribution in [3.05, 3.63) is 30.1 Å². The van der Waals surface area contributed by atoms with Crippen LogP contribution in [0.1, 0.15) is 12.7 Å². The van der Waals surface area contributed by atoms with Gasteiger partial charge < -0.3 is 14.2 Å². The number of methoxy groups -OCH3 is 1. The molecular formula is C16H19N5O6S. The molecule has 0 saturated carbocycles. The Bertz CT molecular complexity index is 993. The number of aryl methyl sites for hydroxylation is 1. The van der Waals surface area contributed by atoms with Crippen LogP contribution in [-0.4, -0.2) is 55.3 Å². The largest absolute Gasteiger partial charge is 0.489 e. The maximum Gasteiger partial charge on any atom is 0.335 e. The molecule has 28 heavy (non-hydrogen) atoms. The Morgan fingerprint density at radius 2 is 2.00 bits per heavy atom. The van der Waals surface area contributed by atoms with E-state index in [1.165, 1.54) is 25.3 Å². The zero-order valence-corrected chi connectivity index (χ0v) is 16.2. The topological polar surface area (TPSA) is 145 Å². The number of carbonyl (C=O) groups excluding carboxylic acids is 1. The van der Waals surface area contributed by atoms with E-state index in [0.717, 1.165) is 0 Å². The Labute approximate surface area is 161 Å². The maximum absolute atomic E-state index is 12.6. The summed E-state index contributed by atoms with van der Waals surface area (Å²) in [7, 11) is -2.86. The van der Waals surface area contributed by atoms with E-state index in [1.807, 2.05) is 11.6 Å². The SMILES string of the molecule is COc1nc(C)nc(NC(=O)NS(=O)(=O)c2ccccc2OCC2(C)CO2)n1. The predicted molar refractivity (Wildman–Crippen MR) is 96.8 cm³/mol. The average molecular weight is 409 g/mol. The first-order chi connectivity index (χ1) is 13.2. The highest BCUT2D eigenvalue weighted by Gasteiger charge is 2.40. The maximum atomic E-state index is 12.6. The van der Waals surface area contributed by atoms with Gasteiger partial charge in [-0.05, 0) is 26.0 Å². The van der Waals surface area contributed by atoms with Gasteiger partial charge in [-0.2, -0.15) is 15.0 Å². The zero-order valence-electron chi connectivity index (χ0n) is 15.4. The first kappa shape index (κ1) is 19.8. The molecule has 0 bridgehead atoms. The van der Waals surface area contributed by atoms with Crippen LogP contribution >= 0.6 is 0 Å². The van der Waals surface area contributed by atoms with Crippen LogP contribution in [0.15, 0.2) is 29.2 Å². The van der Waals surface area contributed by atoms with Crippen molar-refractivity contribution in [3.8, 4) is 11.8 Å². The minimum absolute atomic E-state index is 0.0137. The lowest BCUT2D eigenvalue weighted by molar-refractivity contribution is 0.199. The summed E-state index contributed by atoms with van der Waals surface area (Å²) in [5, 5.41) is 2.24. The molecule has 0 radical (unpaired) electrons. The molecule has 2 aromatic rings.